The second kappa shape index (κ2) is 9.98. The van der Waals surface area contributed by atoms with Gasteiger partial charge in [0.05, 0.1) is 17.5 Å². The standard InChI is InChI=1S/C17H32N2O/c1-4-6-7-8-9-10-11-12-13-17(20)16-14-15(3)18-19(16)5-2/h14,17,20H,4-13H2,1-3H3. The second-order valence-electron chi connectivity index (χ2n) is 5.81. The number of unbranched alkanes of at least 4 members (excludes halogenated alkanes) is 7. The van der Waals surface area contributed by atoms with Crippen molar-refractivity contribution in [3.05, 3.63) is 17.5 Å². The fourth-order valence-corrected chi connectivity index (χ4v) is 2.71. The van der Waals surface area contributed by atoms with Gasteiger partial charge in [-0.25, -0.2) is 0 Å². The van der Waals surface area contributed by atoms with E-state index in [1.54, 1.807) is 0 Å². The summed E-state index contributed by atoms with van der Waals surface area (Å²) in [4.78, 5) is 0. The van der Waals surface area contributed by atoms with Crippen molar-refractivity contribution in [3.8, 4) is 0 Å². The van der Waals surface area contributed by atoms with E-state index < -0.39 is 0 Å². The molecule has 1 heterocycles. The average molecular weight is 280 g/mol. The van der Waals surface area contributed by atoms with Crippen LogP contribution in [0.2, 0.25) is 0 Å². The quantitative estimate of drug-likeness (QED) is 0.593. The minimum atomic E-state index is -0.351. The molecule has 0 aliphatic heterocycles. The Labute approximate surface area is 124 Å². The minimum absolute atomic E-state index is 0.351. The van der Waals surface area contributed by atoms with Gasteiger partial charge in [-0.05, 0) is 26.3 Å². The van der Waals surface area contributed by atoms with Gasteiger partial charge in [0.25, 0.3) is 0 Å². The Hall–Kier alpha value is -0.830. The number of hydrogen-bond donors (Lipinski definition) is 1. The third-order valence-corrected chi connectivity index (χ3v) is 3.91. The number of aliphatic hydroxyl groups is 1. The SMILES string of the molecule is CCCCCCCCCCC(O)c1cc(C)nn1CC. The van der Waals surface area contributed by atoms with E-state index in [0.29, 0.717) is 0 Å². The summed E-state index contributed by atoms with van der Waals surface area (Å²) in [5.74, 6) is 0. The lowest BCUT2D eigenvalue weighted by atomic mass is 10.0. The molecule has 0 aliphatic carbocycles. The lowest BCUT2D eigenvalue weighted by molar-refractivity contribution is 0.152. The van der Waals surface area contributed by atoms with Gasteiger partial charge in [-0.15, -0.1) is 0 Å². The number of hydrogen-bond acceptors (Lipinski definition) is 2. The molecule has 20 heavy (non-hydrogen) atoms. The number of nitrogens with zero attached hydrogens (tertiary/aromatic N) is 2. The van der Waals surface area contributed by atoms with Gasteiger partial charge in [0.1, 0.15) is 0 Å². The third-order valence-electron chi connectivity index (χ3n) is 3.91. The van der Waals surface area contributed by atoms with Crippen LogP contribution < -0.4 is 0 Å². The van der Waals surface area contributed by atoms with E-state index in [2.05, 4.69) is 18.9 Å². The van der Waals surface area contributed by atoms with E-state index in [1.807, 2.05) is 17.7 Å². The van der Waals surface area contributed by atoms with Crippen molar-refractivity contribution in [2.45, 2.75) is 91.2 Å². The second-order valence-corrected chi connectivity index (χ2v) is 5.81. The molecule has 1 rings (SSSR count). The molecular weight excluding hydrogens is 248 g/mol. The zero-order chi connectivity index (χ0) is 14.8. The van der Waals surface area contributed by atoms with Gasteiger partial charge in [-0.2, -0.15) is 5.10 Å². The van der Waals surface area contributed by atoms with Crippen LogP contribution in [0.1, 0.15) is 89.1 Å². The fourth-order valence-electron chi connectivity index (χ4n) is 2.71. The third kappa shape index (κ3) is 6.08. The molecule has 0 bridgehead atoms. The Morgan fingerprint density at radius 2 is 1.65 bits per heavy atom. The van der Waals surface area contributed by atoms with Crippen molar-refractivity contribution < 1.29 is 5.11 Å². The summed E-state index contributed by atoms with van der Waals surface area (Å²) in [7, 11) is 0. The number of rotatable bonds is 11. The van der Waals surface area contributed by atoms with E-state index >= 15 is 0 Å². The molecule has 116 valence electrons. The Balaban J connectivity index is 2.15. The number of aromatic nitrogens is 2. The molecule has 0 radical (unpaired) electrons. The Morgan fingerprint density at radius 3 is 2.25 bits per heavy atom. The van der Waals surface area contributed by atoms with Crippen LogP contribution in [0.15, 0.2) is 6.07 Å². The van der Waals surface area contributed by atoms with Crippen LogP contribution in [0.3, 0.4) is 0 Å². The van der Waals surface area contributed by atoms with E-state index in [0.717, 1.165) is 30.8 Å². The zero-order valence-corrected chi connectivity index (χ0v) is 13.6. The van der Waals surface area contributed by atoms with Gasteiger partial charge >= 0.3 is 0 Å². The maximum absolute atomic E-state index is 10.3. The molecule has 3 heteroatoms. The first-order valence-electron chi connectivity index (χ1n) is 8.41. The molecular formula is C17H32N2O. The molecule has 0 fully saturated rings. The molecule has 0 spiro atoms. The molecule has 3 nitrogen and oxygen atoms in total. The summed E-state index contributed by atoms with van der Waals surface area (Å²) in [6.07, 6.45) is 11.0. The van der Waals surface area contributed by atoms with Crippen LogP contribution in [-0.2, 0) is 6.54 Å². The smallest absolute Gasteiger partial charge is 0.0956 e. The lowest BCUT2D eigenvalue weighted by Crippen LogP contribution is -2.08. The molecule has 0 amide bonds. The molecule has 0 aliphatic rings. The van der Waals surface area contributed by atoms with Crippen molar-refractivity contribution in [1.82, 2.24) is 9.78 Å². The van der Waals surface area contributed by atoms with Crippen molar-refractivity contribution >= 4 is 0 Å². The highest BCUT2D eigenvalue weighted by Gasteiger charge is 2.13. The highest BCUT2D eigenvalue weighted by Crippen LogP contribution is 2.21. The highest BCUT2D eigenvalue weighted by atomic mass is 16.3. The van der Waals surface area contributed by atoms with Gasteiger partial charge in [-0.3, -0.25) is 4.68 Å². The summed E-state index contributed by atoms with van der Waals surface area (Å²) >= 11 is 0. The maximum atomic E-state index is 10.3. The van der Waals surface area contributed by atoms with Crippen LogP contribution >= 0.6 is 0 Å². The molecule has 0 saturated carbocycles. The molecule has 0 aromatic carbocycles. The largest absolute Gasteiger partial charge is 0.387 e. The Kier molecular flexibility index (Phi) is 8.59. The van der Waals surface area contributed by atoms with E-state index in [9.17, 15) is 5.11 Å². The lowest BCUT2D eigenvalue weighted by Gasteiger charge is -2.12. The fraction of sp³-hybridized carbons (Fsp3) is 0.824. The van der Waals surface area contributed by atoms with Crippen molar-refractivity contribution in [3.63, 3.8) is 0 Å². The highest BCUT2D eigenvalue weighted by molar-refractivity contribution is 5.11. The normalized spacial score (nSPS) is 12.8. The summed E-state index contributed by atoms with van der Waals surface area (Å²) in [6, 6.07) is 2.01. The molecule has 1 N–H and O–H groups in total. The van der Waals surface area contributed by atoms with E-state index in [-0.39, 0.29) is 6.10 Å². The first-order valence-corrected chi connectivity index (χ1v) is 8.41. The predicted octanol–water partition coefficient (Wildman–Crippen LogP) is 4.78. The van der Waals surface area contributed by atoms with Gasteiger partial charge in [-0.1, -0.05) is 58.3 Å². The van der Waals surface area contributed by atoms with Crippen LogP contribution in [0, 0.1) is 6.92 Å². The number of aliphatic hydroxyl groups excluding tert-OH is 1. The van der Waals surface area contributed by atoms with Crippen LogP contribution in [0.5, 0.6) is 0 Å². The molecule has 0 saturated heterocycles. The molecule has 1 unspecified atom stereocenters. The van der Waals surface area contributed by atoms with Crippen molar-refractivity contribution in [2.75, 3.05) is 0 Å². The first kappa shape index (κ1) is 17.2. The topological polar surface area (TPSA) is 38.1 Å². The van der Waals surface area contributed by atoms with Crippen molar-refractivity contribution in [1.29, 1.82) is 0 Å². The van der Waals surface area contributed by atoms with Gasteiger partial charge in [0.15, 0.2) is 0 Å². The maximum Gasteiger partial charge on any atom is 0.0956 e. The van der Waals surface area contributed by atoms with Crippen molar-refractivity contribution in [2.24, 2.45) is 0 Å². The van der Waals surface area contributed by atoms with Crippen LogP contribution in [0.4, 0.5) is 0 Å². The van der Waals surface area contributed by atoms with Gasteiger partial charge in [0, 0.05) is 6.54 Å². The molecule has 1 aromatic rings. The van der Waals surface area contributed by atoms with E-state index in [4.69, 9.17) is 0 Å². The monoisotopic (exact) mass is 280 g/mol. The average Bonchev–Trinajstić information content (AvgIpc) is 2.83. The Morgan fingerprint density at radius 1 is 1.05 bits per heavy atom. The summed E-state index contributed by atoms with van der Waals surface area (Å²) in [5, 5.41) is 14.7. The Bertz CT molecular complexity index is 360. The van der Waals surface area contributed by atoms with Gasteiger partial charge < -0.3 is 5.11 Å². The zero-order valence-electron chi connectivity index (χ0n) is 13.6. The minimum Gasteiger partial charge on any atom is -0.387 e. The summed E-state index contributed by atoms with van der Waals surface area (Å²) < 4.78 is 1.92. The van der Waals surface area contributed by atoms with E-state index in [1.165, 1.54) is 44.9 Å². The first-order chi connectivity index (χ1) is 9.69. The number of aryl methyl sites for hydroxylation is 2. The van der Waals surface area contributed by atoms with Gasteiger partial charge in [0.2, 0.25) is 0 Å². The van der Waals surface area contributed by atoms with Crippen LogP contribution in [0.25, 0.3) is 0 Å². The summed E-state index contributed by atoms with van der Waals surface area (Å²) in [5.41, 5.74) is 1.98. The summed E-state index contributed by atoms with van der Waals surface area (Å²) in [6.45, 7) is 7.14. The predicted molar refractivity (Wildman–Crippen MR) is 84.8 cm³/mol. The molecule has 1 aromatic heterocycles. The molecule has 1 atom stereocenters. The van der Waals surface area contributed by atoms with Crippen LogP contribution in [-0.4, -0.2) is 14.9 Å².